The van der Waals surface area contributed by atoms with Crippen molar-refractivity contribution in [3.05, 3.63) is 18.2 Å². The molecule has 0 aliphatic heterocycles. The van der Waals surface area contributed by atoms with Gasteiger partial charge in [-0.2, -0.15) is 0 Å². The first-order chi connectivity index (χ1) is 8.76. The Morgan fingerprint density at radius 2 is 2.11 bits per heavy atom. The van der Waals surface area contributed by atoms with Gasteiger partial charge in [-0.1, -0.05) is 0 Å². The zero-order chi connectivity index (χ0) is 14.6. The number of rotatable bonds is 6. The summed E-state index contributed by atoms with van der Waals surface area (Å²) in [5.74, 6) is 0.731. The summed E-state index contributed by atoms with van der Waals surface area (Å²) in [7, 11) is -3.33. The number of sulfonamides is 1. The maximum Gasteiger partial charge on any atom is 0.242 e. The molecule has 8 heteroatoms. The van der Waals surface area contributed by atoms with Gasteiger partial charge in [-0.25, -0.2) is 13.1 Å². The van der Waals surface area contributed by atoms with Gasteiger partial charge in [0.2, 0.25) is 10.0 Å². The molecule has 0 radical (unpaired) electrons. The van der Waals surface area contributed by atoms with Crippen molar-refractivity contribution in [3.63, 3.8) is 0 Å². The highest BCUT2D eigenvalue weighted by molar-refractivity contribution is 7.89. The molecule has 2 atom stereocenters. The lowest BCUT2D eigenvalue weighted by Crippen LogP contribution is -2.36. The van der Waals surface area contributed by atoms with Gasteiger partial charge in [0.05, 0.1) is 12.8 Å². The molecule has 19 heavy (non-hydrogen) atoms. The van der Waals surface area contributed by atoms with E-state index in [4.69, 9.17) is 10.5 Å². The molecule has 0 spiro atoms. The number of nitrogens with two attached hydrogens (primary N) is 1. The largest absolute Gasteiger partial charge is 0.497 e. The average Bonchev–Trinajstić information content (AvgIpc) is 2.26. The van der Waals surface area contributed by atoms with Crippen molar-refractivity contribution in [1.82, 2.24) is 4.72 Å². The number of anilines is 1. The third-order valence-electron chi connectivity index (χ3n) is 2.35. The van der Waals surface area contributed by atoms with E-state index in [0.717, 1.165) is 0 Å². The molecule has 0 bridgehead atoms. The average molecular weight is 306 g/mol. The van der Waals surface area contributed by atoms with Gasteiger partial charge in [-0.05, 0) is 19.1 Å². The Balaban J connectivity index is 2.97. The van der Waals surface area contributed by atoms with Gasteiger partial charge in [-0.3, -0.25) is 4.21 Å². The molecule has 2 unspecified atom stereocenters. The van der Waals surface area contributed by atoms with Crippen LogP contribution in [-0.2, 0) is 20.8 Å². The van der Waals surface area contributed by atoms with Crippen LogP contribution in [0.2, 0.25) is 0 Å². The van der Waals surface area contributed by atoms with Crippen LogP contribution < -0.4 is 15.2 Å². The molecular weight excluding hydrogens is 288 g/mol. The molecule has 0 amide bonds. The molecule has 6 nitrogen and oxygen atoms in total. The minimum atomic E-state index is -3.73. The number of nitrogens with one attached hydrogen (secondary N) is 1. The van der Waals surface area contributed by atoms with Crippen molar-refractivity contribution in [3.8, 4) is 5.75 Å². The maximum absolute atomic E-state index is 12.1. The topological polar surface area (TPSA) is 98.5 Å². The SMILES string of the molecule is COc1ccc(S(=O)(=O)NC(C)CS(C)=O)c(N)c1. The van der Waals surface area contributed by atoms with E-state index in [1.807, 2.05) is 0 Å². The van der Waals surface area contributed by atoms with E-state index in [0.29, 0.717) is 5.75 Å². The van der Waals surface area contributed by atoms with Gasteiger partial charge >= 0.3 is 0 Å². The Morgan fingerprint density at radius 3 is 2.58 bits per heavy atom. The molecule has 1 rings (SSSR count). The predicted molar refractivity (Wildman–Crippen MR) is 76.1 cm³/mol. The van der Waals surface area contributed by atoms with Gasteiger partial charge in [0, 0.05) is 34.9 Å². The number of hydrogen-bond acceptors (Lipinski definition) is 5. The van der Waals surface area contributed by atoms with Crippen molar-refractivity contribution in [2.24, 2.45) is 0 Å². The van der Waals surface area contributed by atoms with Crippen LogP contribution in [0.15, 0.2) is 23.1 Å². The molecule has 0 heterocycles. The van der Waals surface area contributed by atoms with Crippen molar-refractivity contribution in [1.29, 1.82) is 0 Å². The molecule has 1 aromatic carbocycles. The number of nitrogen functional groups attached to an aromatic ring is 1. The summed E-state index contributed by atoms with van der Waals surface area (Å²) in [5, 5.41) is 0. The van der Waals surface area contributed by atoms with E-state index >= 15 is 0 Å². The molecule has 0 aliphatic rings. The Kier molecular flexibility index (Phi) is 5.33. The molecule has 1 aromatic rings. The van der Waals surface area contributed by atoms with Crippen LogP contribution in [-0.4, -0.2) is 37.8 Å². The van der Waals surface area contributed by atoms with Crippen LogP contribution in [0.25, 0.3) is 0 Å². The molecular formula is C11H18N2O4S2. The predicted octanol–water partition coefficient (Wildman–Crippen LogP) is 0.323. The van der Waals surface area contributed by atoms with Crippen LogP contribution in [0.5, 0.6) is 5.75 Å². The smallest absolute Gasteiger partial charge is 0.242 e. The van der Waals surface area contributed by atoms with Crippen LogP contribution in [0, 0.1) is 0 Å². The Labute approximate surface area is 115 Å². The van der Waals surface area contributed by atoms with Gasteiger partial charge in [0.15, 0.2) is 0 Å². The van der Waals surface area contributed by atoms with E-state index in [2.05, 4.69) is 4.72 Å². The molecule has 3 N–H and O–H groups in total. The summed E-state index contributed by atoms with van der Waals surface area (Å²) in [4.78, 5) is -0.0120. The second kappa shape index (κ2) is 6.36. The highest BCUT2D eigenvalue weighted by Crippen LogP contribution is 2.23. The molecule has 0 aromatic heterocycles. The summed E-state index contributed by atoms with van der Waals surface area (Å²) in [6.45, 7) is 1.65. The van der Waals surface area contributed by atoms with Crippen LogP contribution >= 0.6 is 0 Å². The number of ether oxygens (including phenoxy) is 1. The molecule has 0 aliphatic carbocycles. The first kappa shape index (κ1) is 15.9. The van der Waals surface area contributed by atoms with E-state index in [9.17, 15) is 12.6 Å². The lowest BCUT2D eigenvalue weighted by molar-refractivity contribution is 0.414. The number of benzene rings is 1. The zero-order valence-corrected chi connectivity index (χ0v) is 12.7. The van der Waals surface area contributed by atoms with Gasteiger partial charge in [-0.15, -0.1) is 0 Å². The quantitative estimate of drug-likeness (QED) is 0.738. The van der Waals surface area contributed by atoms with Gasteiger partial charge < -0.3 is 10.5 Å². The van der Waals surface area contributed by atoms with E-state index in [1.165, 1.54) is 31.6 Å². The maximum atomic E-state index is 12.1. The fourth-order valence-electron chi connectivity index (χ4n) is 1.61. The van der Waals surface area contributed by atoms with Crippen molar-refractivity contribution in [2.75, 3.05) is 24.9 Å². The first-order valence-electron chi connectivity index (χ1n) is 5.52. The van der Waals surface area contributed by atoms with Crippen molar-refractivity contribution < 1.29 is 17.4 Å². The molecule has 0 saturated heterocycles. The summed E-state index contributed by atoms with van der Waals surface area (Å²) in [6, 6.07) is 3.91. The molecule has 0 fully saturated rings. The minimum Gasteiger partial charge on any atom is -0.497 e. The lowest BCUT2D eigenvalue weighted by Gasteiger charge is -2.14. The highest BCUT2D eigenvalue weighted by atomic mass is 32.2. The fraction of sp³-hybridized carbons (Fsp3) is 0.455. The van der Waals surface area contributed by atoms with Crippen LogP contribution in [0.3, 0.4) is 0 Å². The van der Waals surface area contributed by atoms with Crippen molar-refractivity contribution in [2.45, 2.75) is 17.9 Å². The van der Waals surface area contributed by atoms with E-state index in [-0.39, 0.29) is 16.3 Å². The monoisotopic (exact) mass is 306 g/mol. The number of hydrogen-bond donors (Lipinski definition) is 2. The summed E-state index contributed by atoms with van der Waals surface area (Å²) in [6.07, 6.45) is 1.52. The first-order valence-corrected chi connectivity index (χ1v) is 8.73. The standard InChI is InChI=1S/C11H18N2O4S2/c1-8(7-18(3)14)13-19(15,16)11-5-4-9(17-2)6-10(11)12/h4-6,8,13H,7,12H2,1-3H3. The molecule has 108 valence electrons. The Hall–Kier alpha value is -1.12. The summed E-state index contributed by atoms with van der Waals surface area (Å²) < 4.78 is 42.7. The fourth-order valence-corrected chi connectivity index (χ4v) is 3.86. The Bertz CT molecular complexity index is 572. The van der Waals surface area contributed by atoms with E-state index < -0.39 is 26.9 Å². The second-order valence-corrected chi connectivity index (χ2v) is 7.33. The summed E-state index contributed by atoms with van der Waals surface area (Å²) in [5.41, 5.74) is 5.81. The summed E-state index contributed by atoms with van der Waals surface area (Å²) >= 11 is 0. The third-order valence-corrected chi connectivity index (χ3v) is 4.98. The van der Waals surface area contributed by atoms with Gasteiger partial charge in [0.25, 0.3) is 0 Å². The van der Waals surface area contributed by atoms with Crippen molar-refractivity contribution >= 4 is 26.5 Å². The van der Waals surface area contributed by atoms with E-state index in [1.54, 1.807) is 6.92 Å². The zero-order valence-electron chi connectivity index (χ0n) is 11.0. The minimum absolute atomic E-state index is 0.0120. The van der Waals surface area contributed by atoms with Crippen LogP contribution in [0.4, 0.5) is 5.69 Å². The lowest BCUT2D eigenvalue weighted by atomic mass is 10.3. The number of methoxy groups -OCH3 is 1. The second-order valence-electron chi connectivity index (χ2n) is 4.17. The Morgan fingerprint density at radius 1 is 1.47 bits per heavy atom. The van der Waals surface area contributed by atoms with Crippen LogP contribution in [0.1, 0.15) is 6.92 Å². The highest BCUT2D eigenvalue weighted by Gasteiger charge is 2.20. The van der Waals surface area contributed by atoms with Gasteiger partial charge in [0.1, 0.15) is 10.6 Å². The molecule has 0 saturated carbocycles. The normalized spacial score (nSPS) is 14.9. The third kappa shape index (κ3) is 4.48.